The summed E-state index contributed by atoms with van der Waals surface area (Å²) in [5, 5.41) is 19.6. The van der Waals surface area contributed by atoms with Crippen LogP contribution in [0.4, 0.5) is 0 Å². The molecule has 4 aromatic rings. The highest BCUT2D eigenvalue weighted by Crippen LogP contribution is 2.35. The molecule has 1 saturated carbocycles. The number of fused-ring (bicyclic) bond motifs is 3. The number of aliphatic hydroxyl groups is 1. The molecular formula is C25H23Cl2N3O4. The quantitative estimate of drug-likeness (QED) is 0.407. The van der Waals surface area contributed by atoms with E-state index in [0.29, 0.717) is 49.6 Å². The van der Waals surface area contributed by atoms with E-state index in [-0.39, 0.29) is 17.6 Å². The van der Waals surface area contributed by atoms with Gasteiger partial charge in [-0.05, 0) is 62.4 Å². The molecule has 5 rings (SSSR count). The zero-order valence-corrected chi connectivity index (χ0v) is 19.9. The van der Waals surface area contributed by atoms with Crippen molar-refractivity contribution in [3.05, 3.63) is 74.2 Å². The first kappa shape index (κ1) is 22.9. The van der Waals surface area contributed by atoms with E-state index < -0.39 is 12.0 Å². The largest absolute Gasteiger partial charge is 0.378 e. The van der Waals surface area contributed by atoms with Gasteiger partial charge in [-0.3, -0.25) is 9.59 Å². The first-order valence-corrected chi connectivity index (χ1v) is 11.9. The number of halogens is 2. The zero-order chi connectivity index (χ0) is 24.0. The second-order valence-corrected chi connectivity index (χ2v) is 9.60. The Labute approximate surface area is 205 Å². The van der Waals surface area contributed by atoms with E-state index in [0.717, 1.165) is 19.3 Å². The van der Waals surface area contributed by atoms with Gasteiger partial charge < -0.3 is 19.5 Å². The average molecular weight is 500 g/mol. The summed E-state index contributed by atoms with van der Waals surface area (Å²) in [6.45, 7) is 1.71. The van der Waals surface area contributed by atoms with E-state index in [9.17, 15) is 14.7 Å². The number of nitrogens with zero attached hydrogens (tertiary/aromatic N) is 2. The molecule has 9 heteroatoms. The lowest BCUT2D eigenvalue weighted by Gasteiger charge is -2.32. The summed E-state index contributed by atoms with van der Waals surface area (Å²) < 4.78 is 7.10. The molecule has 7 nitrogen and oxygen atoms in total. The molecule has 1 aliphatic rings. The molecule has 2 heterocycles. The van der Waals surface area contributed by atoms with Crippen molar-refractivity contribution in [3.63, 3.8) is 0 Å². The minimum absolute atomic E-state index is 0.158. The average Bonchev–Trinajstić information content (AvgIpc) is 3.20. The van der Waals surface area contributed by atoms with Crippen LogP contribution in [0.3, 0.4) is 0 Å². The van der Waals surface area contributed by atoms with E-state index in [2.05, 4.69) is 10.5 Å². The molecule has 1 aliphatic carbocycles. The summed E-state index contributed by atoms with van der Waals surface area (Å²) >= 11 is 12.5. The number of carbonyl (C=O) groups is 1. The van der Waals surface area contributed by atoms with Gasteiger partial charge in [0, 0.05) is 22.5 Å². The van der Waals surface area contributed by atoms with Gasteiger partial charge in [-0.25, -0.2) is 0 Å². The second kappa shape index (κ2) is 9.06. The number of aromatic nitrogens is 2. The van der Waals surface area contributed by atoms with Crippen molar-refractivity contribution < 1.29 is 14.4 Å². The van der Waals surface area contributed by atoms with Gasteiger partial charge in [0.2, 0.25) is 0 Å². The van der Waals surface area contributed by atoms with Gasteiger partial charge in [-0.15, -0.1) is 0 Å². The second-order valence-electron chi connectivity index (χ2n) is 8.75. The van der Waals surface area contributed by atoms with Crippen molar-refractivity contribution in [2.24, 2.45) is 0 Å². The van der Waals surface area contributed by atoms with Crippen molar-refractivity contribution >= 4 is 50.9 Å². The molecule has 3 atom stereocenters. The highest BCUT2D eigenvalue weighted by atomic mass is 35.5. The Hall–Kier alpha value is -2.87. The van der Waals surface area contributed by atoms with Crippen LogP contribution in [-0.2, 0) is 4.79 Å². The van der Waals surface area contributed by atoms with Crippen LogP contribution in [0, 0.1) is 6.92 Å². The van der Waals surface area contributed by atoms with Crippen molar-refractivity contribution in [2.45, 2.75) is 50.8 Å². The molecule has 2 N–H and O–H groups in total. The Kier molecular flexibility index (Phi) is 6.10. The van der Waals surface area contributed by atoms with Gasteiger partial charge in [-0.1, -0.05) is 46.6 Å². The predicted octanol–water partition coefficient (Wildman–Crippen LogP) is 5.09. The summed E-state index contributed by atoms with van der Waals surface area (Å²) in [4.78, 5) is 26.3. The van der Waals surface area contributed by atoms with Gasteiger partial charge >= 0.3 is 0 Å². The van der Waals surface area contributed by atoms with Gasteiger partial charge in [0.15, 0.2) is 6.10 Å². The Morgan fingerprint density at radius 3 is 2.79 bits per heavy atom. The molecule has 2 aromatic carbocycles. The monoisotopic (exact) mass is 499 g/mol. The lowest BCUT2D eigenvalue weighted by Crippen LogP contribution is -2.42. The number of hydrogen-bond acceptors (Lipinski definition) is 5. The van der Waals surface area contributed by atoms with Crippen LogP contribution in [0.5, 0.6) is 0 Å². The van der Waals surface area contributed by atoms with E-state index in [1.165, 1.54) is 0 Å². The summed E-state index contributed by atoms with van der Waals surface area (Å²) in [7, 11) is 0. The van der Waals surface area contributed by atoms with Crippen LogP contribution in [0.25, 0.3) is 21.8 Å². The maximum absolute atomic E-state index is 13.6. The zero-order valence-electron chi connectivity index (χ0n) is 18.4. The number of aryl methyl sites for hydroxylation is 1. The Morgan fingerprint density at radius 1 is 1.21 bits per heavy atom. The van der Waals surface area contributed by atoms with Crippen LogP contribution < -0.4 is 10.9 Å². The molecule has 2 aromatic heterocycles. The lowest BCUT2D eigenvalue weighted by atomic mass is 9.90. The molecule has 1 amide bonds. The first-order valence-electron chi connectivity index (χ1n) is 11.2. The first-order chi connectivity index (χ1) is 16.3. The van der Waals surface area contributed by atoms with Crippen LogP contribution in [-0.4, -0.2) is 26.8 Å². The number of rotatable bonds is 4. The standard InChI is InChI=1S/C25H23Cl2N3O4/c1-13-20-22(29-34-13)21-18(27)9-4-10-19(21)30(25(20)33)17-8-3-7-16(12-17)28-24(32)23(31)14-5-2-6-15(26)11-14/h2,4-6,9-11,16-17,23,31H,3,7-8,12H2,1H3,(H,28,32). The van der Waals surface area contributed by atoms with Crippen LogP contribution in [0.2, 0.25) is 10.0 Å². The molecule has 0 saturated heterocycles. The Balaban J connectivity index is 1.47. The van der Waals surface area contributed by atoms with Crippen molar-refractivity contribution in [2.75, 3.05) is 0 Å². The fourth-order valence-electron chi connectivity index (χ4n) is 4.97. The lowest BCUT2D eigenvalue weighted by molar-refractivity contribution is -0.130. The molecule has 176 valence electrons. The van der Waals surface area contributed by atoms with Gasteiger partial charge in [0.05, 0.1) is 10.5 Å². The third-order valence-electron chi connectivity index (χ3n) is 6.55. The van der Waals surface area contributed by atoms with Crippen molar-refractivity contribution in [1.29, 1.82) is 0 Å². The number of carbonyl (C=O) groups excluding carboxylic acids is 1. The molecule has 1 fully saturated rings. The molecule has 0 spiro atoms. The van der Waals surface area contributed by atoms with E-state index in [1.54, 1.807) is 41.8 Å². The molecular weight excluding hydrogens is 477 g/mol. The van der Waals surface area contributed by atoms with E-state index in [1.807, 2.05) is 12.1 Å². The van der Waals surface area contributed by atoms with Crippen molar-refractivity contribution in [1.82, 2.24) is 15.0 Å². The maximum atomic E-state index is 13.6. The Bertz CT molecular complexity index is 1460. The smallest absolute Gasteiger partial charge is 0.264 e. The normalized spacial score (nSPS) is 19.4. The highest BCUT2D eigenvalue weighted by Gasteiger charge is 2.30. The fraction of sp³-hybridized carbons (Fsp3) is 0.320. The summed E-state index contributed by atoms with van der Waals surface area (Å²) in [5.74, 6) is -0.0422. The summed E-state index contributed by atoms with van der Waals surface area (Å²) in [5.41, 5.74) is 1.40. The van der Waals surface area contributed by atoms with Crippen LogP contribution in [0.1, 0.15) is 49.2 Å². The summed E-state index contributed by atoms with van der Waals surface area (Å²) in [6.07, 6.45) is 1.58. The number of aliphatic hydroxyl groups excluding tert-OH is 1. The molecule has 0 radical (unpaired) electrons. The van der Waals surface area contributed by atoms with Crippen LogP contribution >= 0.6 is 23.2 Å². The number of amides is 1. The van der Waals surface area contributed by atoms with Crippen molar-refractivity contribution in [3.8, 4) is 0 Å². The number of nitrogens with one attached hydrogen (secondary N) is 1. The fourth-order valence-corrected chi connectivity index (χ4v) is 5.43. The van der Waals surface area contributed by atoms with Gasteiger partial charge in [0.25, 0.3) is 11.5 Å². The van der Waals surface area contributed by atoms with Crippen LogP contribution in [0.15, 0.2) is 51.8 Å². The van der Waals surface area contributed by atoms with Gasteiger partial charge in [-0.2, -0.15) is 0 Å². The summed E-state index contributed by atoms with van der Waals surface area (Å²) in [6, 6.07) is 11.7. The maximum Gasteiger partial charge on any atom is 0.264 e. The van der Waals surface area contributed by atoms with Gasteiger partial charge in [0.1, 0.15) is 16.7 Å². The minimum Gasteiger partial charge on any atom is -0.378 e. The minimum atomic E-state index is -1.32. The van der Waals surface area contributed by atoms with E-state index >= 15 is 0 Å². The number of benzene rings is 2. The Morgan fingerprint density at radius 2 is 2.00 bits per heavy atom. The molecule has 0 bridgehead atoms. The predicted molar refractivity (Wildman–Crippen MR) is 131 cm³/mol. The number of hydrogen-bond donors (Lipinski definition) is 2. The topological polar surface area (TPSA) is 97.4 Å². The number of pyridine rings is 1. The van der Waals surface area contributed by atoms with E-state index in [4.69, 9.17) is 27.7 Å². The SMILES string of the molecule is Cc1onc2c1c(=O)n(C1CCCC(NC(=O)C(O)c3cccc(Cl)c3)C1)c1cccc(Cl)c21. The molecule has 0 aliphatic heterocycles. The molecule has 34 heavy (non-hydrogen) atoms. The molecule has 3 unspecified atom stereocenters. The highest BCUT2D eigenvalue weighted by molar-refractivity contribution is 6.37. The third kappa shape index (κ3) is 3.98. The third-order valence-corrected chi connectivity index (χ3v) is 7.10.